The number of hydrogen-bond donors (Lipinski definition) is 2. The Labute approximate surface area is 178 Å². The van der Waals surface area contributed by atoms with Crippen LogP contribution in [-0.4, -0.2) is 34.0 Å². The molecule has 0 fully saturated rings. The number of carbonyl (C=O) groups excluding carboxylic acids is 1. The minimum Gasteiger partial charge on any atom is -0.492 e. The number of amides is 1. The maximum atomic E-state index is 11.0. The molecule has 0 aliphatic carbocycles. The summed E-state index contributed by atoms with van der Waals surface area (Å²) in [7, 11) is 0. The summed E-state index contributed by atoms with van der Waals surface area (Å²) in [5, 5.41) is 6.75. The van der Waals surface area contributed by atoms with E-state index in [1.807, 2.05) is 36.4 Å². The molecule has 0 aliphatic heterocycles. The second kappa shape index (κ2) is 8.97. The summed E-state index contributed by atoms with van der Waals surface area (Å²) in [6.07, 6.45) is 10.2. The lowest BCUT2D eigenvalue weighted by Crippen LogP contribution is -2.25. The standard InChI is InChI=1S/C23H19N5O3/c1-3-16-4-5-21-18(10-16)14-26-23(28-21)27-19-11-17(22-25-7-9-31-22)12-20(13-19)30-8-6-24-15(2)29/h1,4-5,7,9-14H,6,8H2,2H3,(H,24,29)(H,26,27,28). The third kappa shape index (κ3) is 4.97. The molecule has 0 saturated heterocycles. The first kappa shape index (κ1) is 19.9. The van der Waals surface area contributed by atoms with Crippen molar-refractivity contribution in [2.75, 3.05) is 18.5 Å². The highest BCUT2D eigenvalue weighted by atomic mass is 16.5. The minimum absolute atomic E-state index is 0.109. The van der Waals surface area contributed by atoms with Gasteiger partial charge in [-0.15, -0.1) is 6.42 Å². The van der Waals surface area contributed by atoms with Gasteiger partial charge >= 0.3 is 0 Å². The average Bonchev–Trinajstić information content (AvgIpc) is 3.31. The third-order valence-electron chi connectivity index (χ3n) is 4.33. The molecule has 0 atom stereocenters. The van der Waals surface area contributed by atoms with Crippen LogP contribution in [0, 0.1) is 12.3 Å². The highest BCUT2D eigenvalue weighted by Crippen LogP contribution is 2.29. The van der Waals surface area contributed by atoms with E-state index in [0.717, 1.165) is 22.0 Å². The molecule has 0 aliphatic rings. The van der Waals surface area contributed by atoms with Crippen molar-refractivity contribution in [1.82, 2.24) is 20.3 Å². The largest absolute Gasteiger partial charge is 0.492 e. The number of benzene rings is 2. The van der Waals surface area contributed by atoms with Crippen LogP contribution in [0.2, 0.25) is 0 Å². The lowest BCUT2D eigenvalue weighted by atomic mass is 10.1. The molecule has 0 bridgehead atoms. The van der Waals surface area contributed by atoms with Gasteiger partial charge in [0.1, 0.15) is 18.6 Å². The van der Waals surface area contributed by atoms with Crippen LogP contribution < -0.4 is 15.4 Å². The molecule has 0 saturated carbocycles. The lowest BCUT2D eigenvalue weighted by Gasteiger charge is -2.12. The Morgan fingerprint density at radius 2 is 2.13 bits per heavy atom. The fourth-order valence-electron chi connectivity index (χ4n) is 2.95. The summed E-state index contributed by atoms with van der Waals surface area (Å²) in [6, 6.07) is 11.0. The van der Waals surface area contributed by atoms with Crippen LogP contribution in [-0.2, 0) is 4.79 Å². The number of rotatable bonds is 7. The first-order valence-corrected chi connectivity index (χ1v) is 9.53. The molecule has 8 heteroatoms. The Hall–Kier alpha value is -4.38. The molecule has 0 unspecified atom stereocenters. The molecule has 0 radical (unpaired) electrons. The van der Waals surface area contributed by atoms with Crippen molar-refractivity contribution < 1.29 is 13.9 Å². The van der Waals surface area contributed by atoms with Gasteiger partial charge < -0.3 is 19.8 Å². The van der Waals surface area contributed by atoms with Gasteiger partial charge in [0, 0.05) is 41.4 Å². The average molecular weight is 413 g/mol. The molecule has 154 valence electrons. The van der Waals surface area contributed by atoms with Gasteiger partial charge in [0.05, 0.1) is 18.3 Å². The zero-order valence-electron chi connectivity index (χ0n) is 16.8. The number of carbonyl (C=O) groups is 1. The first-order valence-electron chi connectivity index (χ1n) is 9.53. The Balaban J connectivity index is 1.59. The maximum absolute atomic E-state index is 11.0. The fraction of sp³-hybridized carbons (Fsp3) is 0.130. The fourth-order valence-corrected chi connectivity index (χ4v) is 2.95. The maximum Gasteiger partial charge on any atom is 0.227 e. The second-order valence-corrected chi connectivity index (χ2v) is 6.65. The van der Waals surface area contributed by atoms with E-state index in [2.05, 4.69) is 31.5 Å². The molecule has 2 aromatic carbocycles. The number of anilines is 2. The molecule has 8 nitrogen and oxygen atoms in total. The van der Waals surface area contributed by atoms with E-state index < -0.39 is 0 Å². The van der Waals surface area contributed by atoms with Crippen LogP contribution in [0.3, 0.4) is 0 Å². The highest BCUT2D eigenvalue weighted by molar-refractivity contribution is 5.81. The number of oxazole rings is 1. The van der Waals surface area contributed by atoms with Gasteiger partial charge in [-0.3, -0.25) is 4.79 Å². The SMILES string of the molecule is C#Cc1ccc2nc(Nc3cc(OCCNC(C)=O)cc(-c4ncco4)c3)ncc2c1. The van der Waals surface area contributed by atoms with Gasteiger partial charge in [-0.2, -0.15) is 0 Å². The highest BCUT2D eigenvalue weighted by Gasteiger charge is 2.10. The van der Waals surface area contributed by atoms with Gasteiger partial charge in [-0.05, 0) is 30.3 Å². The first-order chi connectivity index (χ1) is 15.1. The predicted octanol–water partition coefficient (Wildman–Crippen LogP) is 3.52. The van der Waals surface area contributed by atoms with Crippen LogP contribution in [0.4, 0.5) is 11.6 Å². The summed E-state index contributed by atoms with van der Waals surface area (Å²) >= 11 is 0. The number of fused-ring (bicyclic) bond motifs is 1. The molecule has 2 heterocycles. The van der Waals surface area contributed by atoms with Crippen LogP contribution in [0.1, 0.15) is 12.5 Å². The monoisotopic (exact) mass is 413 g/mol. The number of hydrogen-bond acceptors (Lipinski definition) is 7. The Kier molecular flexibility index (Phi) is 5.76. The molecule has 2 aromatic heterocycles. The molecule has 4 aromatic rings. The van der Waals surface area contributed by atoms with Gasteiger partial charge in [-0.25, -0.2) is 15.0 Å². The van der Waals surface area contributed by atoms with Crippen LogP contribution >= 0.6 is 0 Å². The Bertz CT molecular complexity index is 1260. The van der Waals surface area contributed by atoms with Crippen molar-refractivity contribution >= 4 is 28.4 Å². The molecular weight excluding hydrogens is 394 g/mol. The van der Waals surface area contributed by atoms with Crippen LogP contribution in [0.15, 0.2) is 59.5 Å². The molecule has 2 N–H and O–H groups in total. The van der Waals surface area contributed by atoms with E-state index in [4.69, 9.17) is 15.6 Å². The predicted molar refractivity (Wildman–Crippen MR) is 117 cm³/mol. The summed E-state index contributed by atoms with van der Waals surface area (Å²) < 4.78 is 11.2. The van der Waals surface area contributed by atoms with Crippen molar-refractivity contribution in [1.29, 1.82) is 0 Å². The topological polar surface area (TPSA) is 102 Å². The minimum atomic E-state index is -0.109. The van der Waals surface area contributed by atoms with Crippen molar-refractivity contribution in [2.45, 2.75) is 6.92 Å². The van der Waals surface area contributed by atoms with E-state index >= 15 is 0 Å². The summed E-state index contributed by atoms with van der Waals surface area (Å²) in [4.78, 5) is 24.1. The molecular formula is C23H19N5O3. The summed E-state index contributed by atoms with van der Waals surface area (Å²) in [6.45, 7) is 2.18. The van der Waals surface area contributed by atoms with E-state index in [1.54, 1.807) is 12.4 Å². The van der Waals surface area contributed by atoms with Crippen molar-refractivity contribution in [3.05, 3.63) is 60.6 Å². The Morgan fingerprint density at radius 3 is 2.90 bits per heavy atom. The quantitative estimate of drug-likeness (QED) is 0.353. The number of nitrogens with zero attached hydrogens (tertiary/aromatic N) is 3. The molecule has 31 heavy (non-hydrogen) atoms. The molecule has 1 amide bonds. The smallest absolute Gasteiger partial charge is 0.227 e. The van der Waals surface area contributed by atoms with E-state index in [-0.39, 0.29) is 5.91 Å². The van der Waals surface area contributed by atoms with Gasteiger partial charge in [0.2, 0.25) is 17.7 Å². The van der Waals surface area contributed by atoms with Crippen LogP contribution in [0.5, 0.6) is 5.75 Å². The number of terminal acetylenes is 1. The van der Waals surface area contributed by atoms with Crippen LogP contribution in [0.25, 0.3) is 22.4 Å². The van der Waals surface area contributed by atoms with Gasteiger partial charge in [0.25, 0.3) is 0 Å². The zero-order chi connectivity index (χ0) is 21.6. The third-order valence-corrected chi connectivity index (χ3v) is 4.33. The Morgan fingerprint density at radius 1 is 1.23 bits per heavy atom. The van der Waals surface area contributed by atoms with E-state index in [9.17, 15) is 4.79 Å². The molecule has 0 spiro atoms. The normalized spacial score (nSPS) is 10.5. The van der Waals surface area contributed by atoms with Crippen molar-refractivity contribution in [2.24, 2.45) is 0 Å². The van der Waals surface area contributed by atoms with Crippen molar-refractivity contribution in [3.8, 4) is 29.5 Å². The number of nitrogens with one attached hydrogen (secondary N) is 2. The molecule has 4 rings (SSSR count). The lowest BCUT2D eigenvalue weighted by molar-refractivity contribution is -0.119. The van der Waals surface area contributed by atoms with Crippen molar-refractivity contribution in [3.63, 3.8) is 0 Å². The van der Waals surface area contributed by atoms with E-state index in [1.165, 1.54) is 13.2 Å². The number of ether oxygens (including phenoxy) is 1. The van der Waals surface area contributed by atoms with Gasteiger partial charge in [0.15, 0.2) is 0 Å². The summed E-state index contributed by atoms with van der Waals surface area (Å²) in [5.41, 5.74) is 2.97. The second-order valence-electron chi connectivity index (χ2n) is 6.65. The van der Waals surface area contributed by atoms with E-state index in [0.29, 0.717) is 36.4 Å². The van der Waals surface area contributed by atoms with Gasteiger partial charge in [-0.1, -0.05) is 5.92 Å². The zero-order valence-corrected chi connectivity index (χ0v) is 16.8. The summed E-state index contributed by atoms with van der Waals surface area (Å²) in [5.74, 6) is 3.96. The number of aromatic nitrogens is 3.